The fraction of sp³-hybridized carbons (Fsp3) is 0.529. The molecule has 8 nitrogen and oxygen atoms in total. The number of carbonyl (C=O) groups excluding carboxylic acids is 1. The lowest BCUT2D eigenvalue weighted by molar-refractivity contribution is 0.102. The third-order valence-electron chi connectivity index (χ3n) is 4.86. The fourth-order valence-corrected chi connectivity index (χ4v) is 3.42. The van der Waals surface area contributed by atoms with Gasteiger partial charge in [-0.1, -0.05) is 5.21 Å². The van der Waals surface area contributed by atoms with Gasteiger partial charge in [-0.2, -0.15) is 0 Å². The molecule has 27 heavy (non-hydrogen) atoms. The molecule has 4 rings (SSSR count). The minimum atomic E-state index is -0.254. The average molecular weight is 414 g/mol. The van der Waals surface area contributed by atoms with E-state index in [9.17, 15) is 4.79 Å². The molecule has 2 aromatic rings. The predicted octanol–water partition coefficient (Wildman–Crippen LogP) is 2.29. The molecule has 0 spiro atoms. The normalized spacial score (nSPS) is 17.1. The number of carbonyl (C=O) groups is 1. The molecule has 0 saturated carbocycles. The van der Waals surface area contributed by atoms with Gasteiger partial charge in [0.2, 0.25) is 0 Å². The summed E-state index contributed by atoms with van der Waals surface area (Å²) in [5, 5.41) is 14.3. The largest absolute Gasteiger partial charge is 0.357 e. The number of anilines is 2. The van der Waals surface area contributed by atoms with E-state index in [1.807, 2.05) is 16.8 Å². The molecule has 2 N–H and O–H groups in total. The van der Waals surface area contributed by atoms with Gasteiger partial charge in [-0.15, -0.1) is 29.9 Å². The van der Waals surface area contributed by atoms with E-state index in [1.54, 1.807) is 12.4 Å². The van der Waals surface area contributed by atoms with Crippen molar-refractivity contribution < 1.29 is 4.79 Å². The zero-order valence-electron chi connectivity index (χ0n) is 15.0. The lowest BCUT2D eigenvalue weighted by Crippen LogP contribution is -2.29. The van der Waals surface area contributed by atoms with E-state index in [0.29, 0.717) is 17.4 Å². The molecule has 2 saturated heterocycles. The van der Waals surface area contributed by atoms with Crippen molar-refractivity contribution in [1.82, 2.24) is 25.3 Å². The highest BCUT2D eigenvalue weighted by molar-refractivity contribution is 6.02. The number of nitrogens with zero attached hydrogens (tertiary/aromatic N) is 5. The lowest BCUT2D eigenvalue weighted by Gasteiger charge is -2.22. The van der Waals surface area contributed by atoms with Crippen LogP contribution in [0.1, 0.15) is 42.2 Å². The molecule has 2 fully saturated rings. The Morgan fingerprint density at radius 3 is 2.56 bits per heavy atom. The summed E-state index contributed by atoms with van der Waals surface area (Å²) in [6, 6.07) is 4.15. The molecular weight excluding hydrogens is 389 g/mol. The molecule has 148 valence electrons. The zero-order chi connectivity index (χ0) is 17.1. The maximum Gasteiger partial charge on any atom is 0.277 e. The summed E-state index contributed by atoms with van der Waals surface area (Å²) in [7, 11) is 0. The number of aromatic nitrogens is 4. The van der Waals surface area contributed by atoms with Crippen LogP contribution in [0.2, 0.25) is 0 Å². The summed E-state index contributed by atoms with van der Waals surface area (Å²) >= 11 is 0. The quantitative estimate of drug-likeness (QED) is 0.799. The molecule has 0 atom stereocenters. The Balaban J connectivity index is 0.00000131. The van der Waals surface area contributed by atoms with Crippen LogP contribution in [0, 0.1) is 0 Å². The van der Waals surface area contributed by atoms with Gasteiger partial charge in [-0.3, -0.25) is 4.79 Å². The number of hydrogen-bond acceptors (Lipinski definition) is 6. The molecule has 0 aliphatic carbocycles. The summed E-state index contributed by atoms with van der Waals surface area (Å²) in [4.78, 5) is 19.1. The minimum Gasteiger partial charge on any atom is -0.357 e. The molecule has 2 aliphatic rings. The number of nitrogens with one attached hydrogen (secondary N) is 2. The Kier molecular flexibility index (Phi) is 7.82. The van der Waals surface area contributed by atoms with E-state index in [-0.39, 0.29) is 30.7 Å². The molecule has 0 bridgehead atoms. The third kappa shape index (κ3) is 5.09. The molecule has 2 aromatic heterocycles. The average Bonchev–Trinajstić information content (AvgIpc) is 3.35. The van der Waals surface area contributed by atoms with Crippen molar-refractivity contribution in [3.05, 3.63) is 30.2 Å². The van der Waals surface area contributed by atoms with Gasteiger partial charge < -0.3 is 15.5 Å². The summed E-state index contributed by atoms with van der Waals surface area (Å²) in [6.07, 6.45) is 7.87. The molecule has 0 unspecified atom stereocenters. The molecule has 1 amide bonds. The second-order valence-electron chi connectivity index (χ2n) is 6.62. The first-order chi connectivity index (χ1) is 12.3. The molecule has 4 heterocycles. The van der Waals surface area contributed by atoms with Gasteiger partial charge in [-0.05, 0) is 50.9 Å². The molecule has 2 aliphatic heterocycles. The molecule has 10 heteroatoms. The third-order valence-corrected chi connectivity index (χ3v) is 4.86. The van der Waals surface area contributed by atoms with Crippen LogP contribution in [-0.2, 0) is 0 Å². The highest BCUT2D eigenvalue weighted by Gasteiger charge is 2.19. The smallest absolute Gasteiger partial charge is 0.277 e. The van der Waals surface area contributed by atoms with Crippen molar-refractivity contribution in [1.29, 1.82) is 0 Å². The standard InChI is InChI=1S/C17H23N7O.2ClH/c25-17(15-12-24(22-21-15)14-5-7-18-8-6-14)20-13-3-4-16(19-11-13)23-9-1-2-10-23;;/h3-4,11-12,14,18H,1-2,5-10H2,(H,20,25);2*1H. The monoisotopic (exact) mass is 413 g/mol. The number of hydrogen-bond donors (Lipinski definition) is 2. The highest BCUT2D eigenvalue weighted by Crippen LogP contribution is 2.20. The summed E-state index contributed by atoms with van der Waals surface area (Å²) in [5.41, 5.74) is 1.01. The van der Waals surface area contributed by atoms with Crippen molar-refractivity contribution >= 4 is 42.2 Å². The number of amides is 1. The maximum atomic E-state index is 12.4. The number of piperidine rings is 1. The van der Waals surface area contributed by atoms with Crippen molar-refractivity contribution in [2.75, 3.05) is 36.4 Å². The first-order valence-electron chi connectivity index (χ1n) is 8.94. The van der Waals surface area contributed by atoms with Gasteiger partial charge in [0.1, 0.15) is 5.82 Å². The van der Waals surface area contributed by atoms with Crippen LogP contribution in [0.25, 0.3) is 0 Å². The van der Waals surface area contributed by atoms with E-state index in [1.165, 1.54) is 12.8 Å². The summed E-state index contributed by atoms with van der Waals surface area (Å²) < 4.78 is 1.81. The Hall–Kier alpha value is -1.90. The van der Waals surface area contributed by atoms with Gasteiger partial charge in [0.05, 0.1) is 24.1 Å². The second kappa shape index (κ2) is 9.87. The van der Waals surface area contributed by atoms with Crippen LogP contribution in [-0.4, -0.2) is 52.1 Å². The maximum absolute atomic E-state index is 12.4. The summed E-state index contributed by atoms with van der Waals surface area (Å²) in [5.74, 6) is 0.711. The van der Waals surface area contributed by atoms with Crippen LogP contribution >= 0.6 is 24.8 Å². The van der Waals surface area contributed by atoms with Crippen LogP contribution in [0.5, 0.6) is 0 Å². The van der Waals surface area contributed by atoms with Crippen molar-refractivity contribution in [2.45, 2.75) is 31.7 Å². The van der Waals surface area contributed by atoms with Crippen molar-refractivity contribution in [3.63, 3.8) is 0 Å². The van der Waals surface area contributed by atoms with E-state index in [2.05, 4.69) is 30.8 Å². The second-order valence-corrected chi connectivity index (χ2v) is 6.62. The van der Waals surface area contributed by atoms with Crippen LogP contribution in [0.15, 0.2) is 24.5 Å². The number of pyridine rings is 1. The minimum absolute atomic E-state index is 0. The number of halogens is 2. The van der Waals surface area contributed by atoms with Gasteiger partial charge in [0.25, 0.3) is 5.91 Å². The Morgan fingerprint density at radius 1 is 1.15 bits per heavy atom. The zero-order valence-corrected chi connectivity index (χ0v) is 16.6. The first kappa shape index (κ1) is 21.4. The predicted molar refractivity (Wildman–Crippen MR) is 109 cm³/mol. The Bertz CT molecular complexity index is 725. The van der Waals surface area contributed by atoms with E-state index < -0.39 is 0 Å². The SMILES string of the molecule is Cl.Cl.O=C(Nc1ccc(N2CCCC2)nc1)c1cn(C2CCNCC2)nn1. The first-order valence-corrected chi connectivity index (χ1v) is 8.94. The lowest BCUT2D eigenvalue weighted by atomic mass is 10.1. The van der Waals surface area contributed by atoms with Gasteiger partial charge in [0.15, 0.2) is 5.69 Å². The van der Waals surface area contributed by atoms with Crippen molar-refractivity contribution in [3.8, 4) is 0 Å². The Labute approximate surface area is 170 Å². The van der Waals surface area contributed by atoms with E-state index >= 15 is 0 Å². The van der Waals surface area contributed by atoms with Gasteiger partial charge in [0, 0.05) is 13.1 Å². The van der Waals surface area contributed by atoms with Crippen LogP contribution in [0.4, 0.5) is 11.5 Å². The molecule has 0 radical (unpaired) electrons. The van der Waals surface area contributed by atoms with Crippen LogP contribution in [0.3, 0.4) is 0 Å². The van der Waals surface area contributed by atoms with E-state index in [4.69, 9.17) is 0 Å². The fourth-order valence-electron chi connectivity index (χ4n) is 3.42. The molecular formula is C17H25Cl2N7O. The topological polar surface area (TPSA) is 88.0 Å². The molecule has 0 aromatic carbocycles. The van der Waals surface area contributed by atoms with Crippen LogP contribution < -0.4 is 15.5 Å². The van der Waals surface area contributed by atoms with Gasteiger partial charge in [-0.25, -0.2) is 9.67 Å². The van der Waals surface area contributed by atoms with Gasteiger partial charge >= 0.3 is 0 Å². The van der Waals surface area contributed by atoms with Crippen molar-refractivity contribution in [2.24, 2.45) is 0 Å². The van der Waals surface area contributed by atoms with E-state index in [0.717, 1.165) is 44.8 Å². The summed E-state index contributed by atoms with van der Waals surface area (Å²) in [6.45, 7) is 4.05. The number of rotatable bonds is 4. The Morgan fingerprint density at radius 2 is 1.89 bits per heavy atom. The highest BCUT2D eigenvalue weighted by atomic mass is 35.5.